The van der Waals surface area contributed by atoms with E-state index in [0.29, 0.717) is 12.6 Å². The fourth-order valence-corrected chi connectivity index (χ4v) is 1.59. The van der Waals surface area contributed by atoms with Crippen molar-refractivity contribution in [2.75, 3.05) is 13.1 Å². The molecule has 1 aliphatic heterocycles. The van der Waals surface area contributed by atoms with Gasteiger partial charge in [0.05, 0.1) is 6.54 Å². The molecule has 0 aromatic rings. The predicted octanol–water partition coefficient (Wildman–Crippen LogP) is 0.346. The van der Waals surface area contributed by atoms with Gasteiger partial charge in [-0.25, -0.2) is 0 Å². The van der Waals surface area contributed by atoms with Crippen LogP contribution in [-0.4, -0.2) is 29.9 Å². The van der Waals surface area contributed by atoms with Gasteiger partial charge in [-0.3, -0.25) is 9.69 Å². The molecule has 3 heteroatoms. The second-order valence-electron chi connectivity index (χ2n) is 3.28. The van der Waals surface area contributed by atoms with Crippen molar-refractivity contribution < 1.29 is 4.79 Å². The van der Waals surface area contributed by atoms with Crippen LogP contribution in [0.3, 0.4) is 0 Å². The van der Waals surface area contributed by atoms with E-state index in [1.165, 1.54) is 19.3 Å². The van der Waals surface area contributed by atoms with E-state index in [1.54, 1.807) is 0 Å². The molecule has 1 saturated heterocycles. The predicted molar refractivity (Wildman–Crippen MR) is 44.1 cm³/mol. The first-order valence-corrected chi connectivity index (χ1v) is 4.22. The Bertz CT molecular complexity index is 147. The van der Waals surface area contributed by atoms with Crippen LogP contribution in [0.1, 0.15) is 26.2 Å². The summed E-state index contributed by atoms with van der Waals surface area (Å²) in [7, 11) is 0. The van der Waals surface area contributed by atoms with Gasteiger partial charge in [-0.15, -0.1) is 0 Å². The Morgan fingerprint density at radius 2 is 2.36 bits per heavy atom. The molecule has 0 unspecified atom stereocenters. The van der Waals surface area contributed by atoms with Gasteiger partial charge in [0.15, 0.2) is 0 Å². The van der Waals surface area contributed by atoms with Crippen LogP contribution in [0.15, 0.2) is 0 Å². The Morgan fingerprint density at radius 1 is 1.64 bits per heavy atom. The fourth-order valence-electron chi connectivity index (χ4n) is 1.59. The summed E-state index contributed by atoms with van der Waals surface area (Å²) in [5.74, 6) is -0.209. The van der Waals surface area contributed by atoms with Gasteiger partial charge in [0.25, 0.3) is 0 Å². The van der Waals surface area contributed by atoms with Crippen molar-refractivity contribution in [1.29, 1.82) is 0 Å². The van der Waals surface area contributed by atoms with E-state index in [-0.39, 0.29) is 5.91 Å². The van der Waals surface area contributed by atoms with Gasteiger partial charge in [-0.2, -0.15) is 0 Å². The first kappa shape index (κ1) is 8.53. The Balaban J connectivity index is 2.35. The third-order valence-corrected chi connectivity index (χ3v) is 2.30. The molecule has 1 fully saturated rings. The van der Waals surface area contributed by atoms with E-state index in [1.807, 2.05) is 0 Å². The van der Waals surface area contributed by atoms with Gasteiger partial charge in [-0.05, 0) is 26.3 Å². The van der Waals surface area contributed by atoms with Gasteiger partial charge < -0.3 is 5.73 Å². The lowest BCUT2D eigenvalue weighted by Crippen LogP contribution is -2.42. The van der Waals surface area contributed by atoms with Crippen molar-refractivity contribution in [1.82, 2.24) is 4.90 Å². The highest BCUT2D eigenvalue weighted by molar-refractivity contribution is 5.75. The van der Waals surface area contributed by atoms with Gasteiger partial charge in [0.2, 0.25) is 5.91 Å². The molecule has 1 heterocycles. The van der Waals surface area contributed by atoms with E-state index < -0.39 is 0 Å². The van der Waals surface area contributed by atoms with Crippen LogP contribution < -0.4 is 5.73 Å². The fraction of sp³-hybridized carbons (Fsp3) is 0.875. The molecule has 11 heavy (non-hydrogen) atoms. The summed E-state index contributed by atoms with van der Waals surface area (Å²) in [4.78, 5) is 12.8. The zero-order valence-electron chi connectivity index (χ0n) is 7.05. The highest BCUT2D eigenvalue weighted by Crippen LogP contribution is 2.15. The molecule has 1 atom stereocenters. The van der Waals surface area contributed by atoms with Crippen LogP contribution in [0, 0.1) is 0 Å². The second-order valence-corrected chi connectivity index (χ2v) is 3.28. The number of primary amides is 1. The number of likely N-dealkylation sites (tertiary alicyclic amines) is 1. The zero-order chi connectivity index (χ0) is 8.27. The topological polar surface area (TPSA) is 46.3 Å². The Labute approximate surface area is 67.5 Å². The van der Waals surface area contributed by atoms with E-state index >= 15 is 0 Å². The standard InChI is InChI=1S/C8H16N2O/c1-7-4-2-3-5-10(7)6-8(9)11/h7H,2-6H2,1H3,(H2,9,11)/t7-/m1/s1. The largest absolute Gasteiger partial charge is 0.369 e. The minimum atomic E-state index is -0.209. The monoisotopic (exact) mass is 156 g/mol. The van der Waals surface area contributed by atoms with Crippen LogP contribution in [0.2, 0.25) is 0 Å². The lowest BCUT2D eigenvalue weighted by molar-refractivity contribution is -0.119. The molecule has 0 aromatic heterocycles. The minimum absolute atomic E-state index is 0.209. The van der Waals surface area contributed by atoms with Gasteiger partial charge in [0.1, 0.15) is 0 Å². The number of piperidine rings is 1. The Morgan fingerprint density at radius 3 is 2.91 bits per heavy atom. The lowest BCUT2D eigenvalue weighted by Gasteiger charge is -2.31. The SMILES string of the molecule is C[C@@H]1CCCCN1CC(N)=O. The molecule has 0 aliphatic carbocycles. The molecule has 3 nitrogen and oxygen atoms in total. The maximum Gasteiger partial charge on any atom is 0.231 e. The molecule has 64 valence electrons. The molecule has 0 aromatic carbocycles. The molecule has 0 radical (unpaired) electrons. The number of rotatable bonds is 2. The molecule has 0 saturated carbocycles. The first-order chi connectivity index (χ1) is 5.20. The first-order valence-electron chi connectivity index (χ1n) is 4.22. The maximum atomic E-state index is 10.6. The van der Waals surface area contributed by atoms with Crippen molar-refractivity contribution >= 4 is 5.91 Å². The quantitative estimate of drug-likeness (QED) is 0.627. The maximum absolute atomic E-state index is 10.6. The van der Waals surface area contributed by atoms with Crippen LogP contribution in [0.25, 0.3) is 0 Å². The molecule has 1 rings (SSSR count). The number of hydrogen-bond donors (Lipinski definition) is 1. The second kappa shape index (κ2) is 3.72. The van der Waals surface area contributed by atoms with Crippen molar-refractivity contribution in [3.05, 3.63) is 0 Å². The van der Waals surface area contributed by atoms with Crippen LogP contribution in [0.5, 0.6) is 0 Å². The van der Waals surface area contributed by atoms with Gasteiger partial charge in [0, 0.05) is 6.04 Å². The molecular formula is C8H16N2O. The van der Waals surface area contributed by atoms with E-state index in [9.17, 15) is 4.79 Å². The Kier molecular flexibility index (Phi) is 2.88. The summed E-state index contributed by atoms with van der Waals surface area (Å²) >= 11 is 0. The smallest absolute Gasteiger partial charge is 0.231 e. The van der Waals surface area contributed by atoms with Crippen molar-refractivity contribution in [2.24, 2.45) is 5.73 Å². The number of amides is 1. The third kappa shape index (κ3) is 2.50. The third-order valence-electron chi connectivity index (χ3n) is 2.30. The van der Waals surface area contributed by atoms with Crippen LogP contribution in [-0.2, 0) is 4.79 Å². The van der Waals surface area contributed by atoms with E-state index in [0.717, 1.165) is 6.54 Å². The number of nitrogens with two attached hydrogens (primary N) is 1. The normalized spacial score (nSPS) is 26.8. The summed E-state index contributed by atoms with van der Waals surface area (Å²) in [5.41, 5.74) is 5.10. The Hall–Kier alpha value is -0.570. The summed E-state index contributed by atoms with van der Waals surface area (Å²) in [6, 6.07) is 0.538. The highest BCUT2D eigenvalue weighted by Gasteiger charge is 2.18. The van der Waals surface area contributed by atoms with Gasteiger partial charge in [-0.1, -0.05) is 6.42 Å². The molecule has 1 amide bonds. The zero-order valence-corrected chi connectivity index (χ0v) is 7.05. The molecule has 2 N–H and O–H groups in total. The van der Waals surface area contributed by atoms with Gasteiger partial charge >= 0.3 is 0 Å². The number of carbonyl (C=O) groups is 1. The molecule has 0 bridgehead atoms. The average Bonchev–Trinajstić information content (AvgIpc) is 1.93. The van der Waals surface area contributed by atoms with Crippen molar-refractivity contribution in [3.63, 3.8) is 0 Å². The van der Waals surface area contributed by atoms with Crippen LogP contribution in [0.4, 0.5) is 0 Å². The number of hydrogen-bond acceptors (Lipinski definition) is 2. The van der Waals surface area contributed by atoms with Crippen molar-refractivity contribution in [2.45, 2.75) is 32.2 Å². The summed E-state index contributed by atoms with van der Waals surface area (Å²) < 4.78 is 0. The number of nitrogens with zero attached hydrogens (tertiary/aromatic N) is 1. The highest BCUT2D eigenvalue weighted by atomic mass is 16.1. The van der Waals surface area contributed by atoms with Crippen molar-refractivity contribution in [3.8, 4) is 0 Å². The van der Waals surface area contributed by atoms with Crippen LogP contribution >= 0.6 is 0 Å². The lowest BCUT2D eigenvalue weighted by atomic mass is 10.0. The summed E-state index contributed by atoms with van der Waals surface area (Å²) in [5, 5.41) is 0. The van der Waals surface area contributed by atoms with E-state index in [4.69, 9.17) is 5.73 Å². The summed E-state index contributed by atoms with van der Waals surface area (Å²) in [6.45, 7) is 3.62. The number of carbonyl (C=O) groups excluding carboxylic acids is 1. The minimum Gasteiger partial charge on any atom is -0.369 e. The van der Waals surface area contributed by atoms with E-state index in [2.05, 4.69) is 11.8 Å². The molecule has 0 spiro atoms. The molecular weight excluding hydrogens is 140 g/mol. The molecule has 1 aliphatic rings. The average molecular weight is 156 g/mol. The summed E-state index contributed by atoms with van der Waals surface area (Å²) in [6.07, 6.45) is 3.70.